The molecule has 0 radical (unpaired) electrons. The van der Waals surface area contributed by atoms with Crippen molar-refractivity contribution < 1.29 is 23.4 Å². The maximum absolute atomic E-state index is 12.9. The van der Waals surface area contributed by atoms with E-state index in [4.69, 9.17) is 14.2 Å². The third kappa shape index (κ3) is 5.65. The maximum Gasteiger partial charge on any atom is 0.264 e. The Bertz CT molecular complexity index is 902. The Labute approximate surface area is 158 Å². The van der Waals surface area contributed by atoms with Crippen LogP contribution in [0.1, 0.15) is 5.01 Å². The Morgan fingerprint density at radius 1 is 1.07 bits per heavy atom. The molecule has 0 bridgehead atoms. The number of hydrogen-bond acceptors (Lipinski definition) is 7. The molecule has 0 atom stereocenters. The van der Waals surface area contributed by atoms with E-state index in [1.54, 1.807) is 31.4 Å². The first-order valence-corrected chi connectivity index (χ1v) is 8.71. The minimum absolute atomic E-state index is 0.166. The molecule has 1 N–H and O–H groups in total. The summed E-state index contributed by atoms with van der Waals surface area (Å²) in [5, 5.41) is 11.3. The number of anilines is 1. The molecule has 1 heterocycles. The van der Waals surface area contributed by atoms with Crippen molar-refractivity contribution in [3.63, 3.8) is 0 Å². The van der Waals surface area contributed by atoms with Gasteiger partial charge in [0.1, 0.15) is 29.7 Å². The lowest BCUT2D eigenvalue weighted by molar-refractivity contribution is -0.118. The summed E-state index contributed by atoms with van der Waals surface area (Å²) in [7, 11) is 1.55. The van der Waals surface area contributed by atoms with Crippen LogP contribution in [0.4, 0.5) is 9.52 Å². The van der Waals surface area contributed by atoms with E-state index in [-0.39, 0.29) is 24.9 Å². The summed E-state index contributed by atoms with van der Waals surface area (Å²) < 4.78 is 28.8. The van der Waals surface area contributed by atoms with Gasteiger partial charge in [0.15, 0.2) is 11.6 Å². The highest BCUT2D eigenvalue weighted by atomic mass is 32.1. The van der Waals surface area contributed by atoms with Crippen molar-refractivity contribution in [3.05, 3.63) is 59.4 Å². The number of nitrogens with one attached hydrogen (secondary N) is 1. The molecule has 1 amide bonds. The lowest BCUT2D eigenvalue weighted by Gasteiger charge is -2.07. The second-order valence-electron chi connectivity index (χ2n) is 5.26. The first kappa shape index (κ1) is 18.6. The molecule has 9 heteroatoms. The van der Waals surface area contributed by atoms with Crippen LogP contribution >= 0.6 is 11.3 Å². The largest absolute Gasteiger partial charge is 0.497 e. The topological polar surface area (TPSA) is 82.6 Å². The second kappa shape index (κ2) is 8.95. The molecule has 0 aliphatic rings. The van der Waals surface area contributed by atoms with Crippen molar-refractivity contribution in [2.75, 3.05) is 19.0 Å². The van der Waals surface area contributed by atoms with E-state index >= 15 is 0 Å². The highest BCUT2D eigenvalue weighted by molar-refractivity contribution is 7.15. The van der Waals surface area contributed by atoms with Gasteiger partial charge in [-0.15, -0.1) is 10.2 Å². The second-order valence-corrected chi connectivity index (χ2v) is 6.32. The molecule has 0 spiro atoms. The predicted octanol–water partition coefficient (Wildman–Crippen LogP) is 3.28. The van der Waals surface area contributed by atoms with Crippen molar-refractivity contribution in [2.24, 2.45) is 0 Å². The Morgan fingerprint density at radius 3 is 2.63 bits per heavy atom. The van der Waals surface area contributed by atoms with E-state index in [0.717, 1.165) is 0 Å². The summed E-state index contributed by atoms with van der Waals surface area (Å²) in [6.45, 7) is -0.00631. The molecule has 3 rings (SSSR count). The van der Waals surface area contributed by atoms with E-state index in [9.17, 15) is 9.18 Å². The molecule has 0 aliphatic heterocycles. The Kier molecular flexibility index (Phi) is 6.16. The quantitative estimate of drug-likeness (QED) is 0.637. The number of carbonyl (C=O) groups is 1. The zero-order chi connectivity index (χ0) is 19.1. The molecular weight excluding hydrogens is 373 g/mol. The van der Waals surface area contributed by atoms with Gasteiger partial charge in [0.05, 0.1) is 7.11 Å². The lowest BCUT2D eigenvalue weighted by atomic mass is 10.3. The van der Waals surface area contributed by atoms with Crippen LogP contribution in [0.15, 0.2) is 48.5 Å². The standard InChI is InChI=1S/C18H16FN3O4S/c1-24-14-3-2-4-15(9-14)25-10-16(23)20-18-22-21-17(27-18)11-26-13-7-5-12(19)6-8-13/h2-9H,10-11H2,1H3,(H,20,22,23). The third-order valence-electron chi connectivity index (χ3n) is 3.30. The fraction of sp³-hybridized carbons (Fsp3) is 0.167. The van der Waals surface area contributed by atoms with Crippen LogP contribution in [0.5, 0.6) is 17.2 Å². The van der Waals surface area contributed by atoms with Crippen molar-refractivity contribution in [3.8, 4) is 17.2 Å². The first-order valence-electron chi connectivity index (χ1n) is 7.90. The number of halogens is 1. The van der Waals surface area contributed by atoms with Crippen molar-refractivity contribution in [1.82, 2.24) is 10.2 Å². The Morgan fingerprint density at radius 2 is 1.85 bits per heavy atom. The van der Waals surface area contributed by atoms with Gasteiger partial charge in [-0.3, -0.25) is 10.1 Å². The highest BCUT2D eigenvalue weighted by Gasteiger charge is 2.10. The third-order valence-corrected chi connectivity index (χ3v) is 4.11. The number of ether oxygens (including phenoxy) is 3. The number of amides is 1. The van der Waals surface area contributed by atoms with Gasteiger partial charge >= 0.3 is 0 Å². The smallest absolute Gasteiger partial charge is 0.264 e. The van der Waals surface area contributed by atoms with Crippen LogP contribution in [0.3, 0.4) is 0 Å². The number of benzene rings is 2. The van der Waals surface area contributed by atoms with Crippen LogP contribution in [0, 0.1) is 5.82 Å². The van der Waals surface area contributed by atoms with Gasteiger partial charge in [-0.05, 0) is 36.4 Å². The van der Waals surface area contributed by atoms with Gasteiger partial charge < -0.3 is 14.2 Å². The van der Waals surface area contributed by atoms with Crippen LogP contribution in [0.25, 0.3) is 0 Å². The number of carbonyl (C=O) groups excluding carboxylic acids is 1. The van der Waals surface area contributed by atoms with Gasteiger partial charge in [-0.25, -0.2) is 4.39 Å². The Hall–Kier alpha value is -3.20. The minimum atomic E-state index is -0.361. The summed E-state index contributed by atoms with van der Waals surface area (Å²) >= 11 is 1.18. The molecule has 0 saturated carbocycles. The summed E-state index contributed by atoms with van der Waals surface area (Å²) in [4.78, 5) is 12.0. The molecule has 0 unspecified atom stereocenters. The molecule has 1 aromatic heterocycles. The maximum atomic E-state index is 12.9. The lowest BCUT2D eigenvalue weighted by Crippen LogP contribution is -2.20. The number of aromatic nitrogens is 2. The van der Waals surface area contributed by atoms with Crippen LogP contribution in [0.2, 0.25) is 0 Å². The molecule has 27 heavy (non-hydrogen) atoms. The summed E-state index contributed by atoms with van der Waals surface area (Å²) in [5.41, 5.74) is 0. The van der Waals surface area contributed by atoms with Crippen molar-refractivity contribution in [1.29, 1.82) is 0 Å². The van der Waals surface area contributed by atoms with Gasteiger partial charge in [0.2, 0.25) is 5.13 Å². The summed E-state index contributed by atoms with van der Waals surface area (Å²) in [6.07, 6.45) is 0. The van der Waals surface area contributed by atoms with Crippen molar-refractivity contribution in [2.45, 2.75) is 6.61 Å². The van der Waals surface area contributed by atoms with Crippen LogP contribution in [-0.2, 0) is 11.4 Å². The van der Waals surface area contributed by atoms with E-state index in [1.807, 2.05) is 0 Å². The predicted molar refractivity (Wildman–Crippen MR) is 97.8 cm³/mol. The molecule has 7 nitrogen and oxygen atoms in total. The van der Waals surface area contributed by atoms with Gasteiger partial charge in [-0.2, -0.15) is 0 Å². The van der Waals surface area contributed by atoms with Crippen LogP contribution in [-0.4, -0.2) is 29.8 Å². The molecule has 2 aromatic carbocycles. The van der Waals surface area contributed by atoms with E-state index in [1.165, 1.54) is 35.6 Å². The van der Waals surface area contributed by atoms with E-state index < -0.39 is 0 Å². The SMILES string of the molecule is COc1cccc(OCC(=O)Nc2nnc(COc3ccc(F)cc3)s2)c1. The fourth-order valence-electron chi connectivity index (χ4n) is 2.03. The fourth-order valence-corrected chi connectivity index (χ4v) is 2.70. The van der Waals surface area contributed by atoms with Crippen LogP contribution < -0.4 is 19.5 Å². The highest BCUT2D eigenvalue weighted by Crippen LogP contribution is 2.20. The molecule has 3 aromatic rings. The van der Waals surface area contributed by atoms with Gasteiger partial charge in [0, 0.05) is 6.07 Å². The van der Waals surface area contributed by atoms with E-state index in [2.05, 4.69) is 15.5 Å². The molecule has 0 fully saturated rings. The number of nitrogens with zero attached hydrogens (tertiary/aromatic N) is 2. The normalized spacial score (nSPS) is 10.3. The average Bonchev–Trinajstić information content (AvgIpc) is 3.13. The zero-order valence-corrected chi connectivity index (χ0v) is 15.2. The van der Waals surface area contributed by atoms with Gasteiger partial charge in [0.25, 0.3) is 5.91 Å². The Balaban J connectivity index is 1.46. The summed E-state index contributed by atoms with van der Waals surface area (Å²) in [5.74, 6) is 0.987. The minimum Gasteiger partial charge on any atom is -0.497 e. The average molecular weight is 389 g/mol. The van der Waals surface area contributed by atoms with E-state index in [0.29, 0.717) is 27.4 Å². The molecule has 0 saturated heterocycles. The molecule has 140 valence electrons. The number of methoxy groups -OCH3 is 1. The first-order chi connectivity index (χ1) is 13.1. The summed E-state index contributed by atoms with van der Waals surface area (Å²) in [6, 6.07) is 12.6. The number of hydrogen-bond donors (Lipinski definition) is 1. The number of rotatable bonds is 8. The molecule has 0 aliphatic carbocycles. The van der Waals surface area contributed by atoms with Gasteiger partial charge in [-0.1, -0.05) is 17.4 Å². The van der Waals surface area contributed by atoms with Crippen molar-refractivity contribution >= 4 is 22.4 Å². The monoisotopic (exact) mass is 389 g/mol. The molecular formula is C18H16FN3O4S. The zero-order valence-electron chi connectivity index (χ0n) is 14.3.